The van der Waals surface area contributed by atoms with E-state index in [0.717, 1.165) is 11.1 Å². The standard InChI is InChI=1S/C21H25N3O5S/c1-15-3-6-18(13-16(15)2)23-21(26)20(25)22-14-17-4-7-19(8-5-17)30(27,28)24-9-11-29-12-10-24/h3-8,13H,9-12,14H2,1-2H3,(H,22,25)(H,23,26). The van der Waals surface area contributed by atoms with Gasteiger partial charge in [0.15, 0.2) is 0 Å². The van der Waals surface area contributed by atoms with Crippen molar-refractivity contribution in [2.24, 2.45) is 0 Å². The number of benzene rings is 2. The highest BCUT2D eigenvalue weighted by Crippen LogP contribution is 2.18. The third-order valence-electron chi connectivity index (χ3n) is 4.96. The predicted octanol–water partition coefficient (Wildman–Crippen LogP) is 1.58. The number of carbonyl (C=O) groups is 2. The van der Waals surface area contributed by atoms with E-state index in [-0.39, 0.29) is 11.4 Å². The topological polar surface area (TPSA) is 105 Å². The highest BCUT2D eigenvalue weighted by Gasteiger charge is 2.26. The fourth-order valence-corrected chi connectivity index (χ4v) is 4.39. The molecule has 2 aromatic rings. The van der Waals surface area contributed by atoms with Gasteiger partial charge >= 0.3 is 11.8 Å². The van der Waals surface area contributed by atoms with Crippen LogP contribution in [0.25, 0.3) is 0 Å². The molecule has 160 valence electrons. The van der Waals surface area contributed by atoms with Crippen LogP contribution in [0.4, 0.5) is 5.69 Å². The number of carbonyl (C=O) groups excluding carboxylic acids is 2. The van der Waals surface area contributed by atoms with Crippen LogP contribution in [0.3, 0.4) is 0 Å². The van der Waals surface area contributed by atoms with E-state index in [1.807, 2.05) is 19.9 Å². The molecule has 0 radical (unpaired) electrons. The number of sulfonamides is 1. The minimum absolute atomic E-state index is 0.108. The maximum Gasteiger partial charge on any atom is 0.313 e. The molecule has 0 saturated carbocycles. The average molecular weight is 432 g/mol. The lowest BCUT2D eigenvalue weighted by atomic mass is 10.1. The molecule has 9 heteroatoms. The molecule has 8 nitrogen and oxygen atoms in total. The summed E-state index contributed by atoms with van der Waals surface area (Å²) in [5, 5.41) is 5.10. The molecule has 1 fully saturated rings. The van der Waals surface area contributed by atoms with Crippen LogP contribution in [0.1, 0.15) is 16.7 Å². The molecule has 2 aromatic carbocycles. The normalized spacial score (nSPS) is 14.9. The zero-order chi connectivity index (χ0) is 21.7. The maximum atomic E-state index is 12.6. The molecule has 0 aliphatic carbocycles. The molecule has 0 aromatic heterocycles. The van der Waals surface area contributed by atoms with Gasteiger partial charge in [-0.15, -0.1) is 0 Å². The first-order valence-corrected chi connectivity index (χ1v) is 11.0. The van der Waals surface area contributed by atoms with E-state index in [9.17, 15) is 18.0 Å². The quantitative estimate of drug-likeness (QED) is 0.700. The molecule has 30 heavy (non-hydrogen) atoms. The van der Waals surface area contributed by atoms with Gasteiger partial charge in [0.1, 0.15) is 0 Å². The zero-order valence-electron chi connectivity index (χ0n) is 17.0. The van der Waals surface area contributed by atoms with Crippen LogP contribution in [-0.4, -0.2) is 50.8 Å². The third-order valence-corrected chi connectivity index (χ3v) is 6.87. The first-order valence-electron chi connectivity index (χ1n) is 9.60. The van der Waals surface area contributed by atoms with Gasteiger partial charge < -0.3 is 15.4 Å². The highest BCUT2D eigenvalue weighted by atomic mass is 32.2. The van der Waals surface area contributed by atoms with Crippen molar-refractivity contribution in [1.82, 2.24) is 9.62 Å². The fourth-order valence-electron chi connectivity index (χ4n) is 2.98. The molecule has 0 atom stereocenters. The monoisotopic (exact) mass is 431 g/mol. The minimum atomic E-state index is -3.56. The molecular weight excluding hydrogens is 406 g/mol. The van der Waals surface area contributed by atoms with E-state index in [1.165, 1.54) is 16.4 Å². The van der Waals surface area contributed by atoms with Crippen molar-refractivity contribution in [3.05, 3.63) is 59.2 Å². The summed E-state index contributed by atoms with van der Waals surface area (Å²) in [6.45, 7) is 5.42. The zero-order valence-corrected chi connectivity index (χ0v) is 17.8. The molecule has 2 N–H and O–H groups in total. The van der Waals surface area contributed by atoms with Gasteiger partial charge in [0.2, 0.25) is 10.0 Å². The Morgan fingerprint density at radius 1 is 0.967 bits per heavy atom. The second-order valence-electron chi connectivity index (χ2n) is 7.10. The molecular formula is C21H25N3O5S. The van der Waals surface area contributed by atoms with Crippen LogP contribution in [0.2, 0.25) is 0 Å². The van der Waals surface area contributed by atoms with E-state index < -0.39 is 21.8 Å². The van der Waals surface area contributed by atoms with Crippen molar-refractivity contribution in [3.63, 3.8) is 0 Å². The van der Waals surface area contributed by atoms with Gasteiger partial charge in [-0.25, -0.2) is 8.42 Å². The predicted molar refractivity (Wildman–Crippen MR) is 112 cm³/mol. The highest BCUT2D eigenvalue weighted by molar-refractivity contribution is 7.89. The van der Waals surface area contributed by atoms with Gasteiger partial charge in [-0.1, -0.05) is 18.2 Å². The Kier molecular flexibility index (Phi) is 6.86. The first kappa shape index (κ1) is 21.9. The summed E-state index contributed by atoms with van der Waals surface area (Å²) in [6, 6.07) is 11.7. The van der Waals surface area contributed by atoms with E-state index in [2.05, 4.69) is 10.6 Å². The molecule has 0 spiro atoms. The first-order chi connectivity index (χ1) is 14.3. The van der Waals surface area contributed by atoms with Crippen molar-refractivity contribution in [2.45, 2.75) is 25.3 Å². The molecule has 1 aliphatic heterocycles. The molecule has 1 aliphatic rings. The van der Waals surface area contributed by atoms with Gasteiger partial charge in [-0.2, -0.15) is 4.31 Å². The SMILES string of the molecule is Cc1ccc(NC(=O)C(=O)NCc2ccc(S(=O)(=O)N3CCOCC3)cc2)cc1C. The average Bonchev–Trinajstić information content (AvgIpc) is 2.75. The lowest BCUT2D eigenvalue weighted by Gasteiger charge is -2.26. The van der Waals surface area contributed by atoms with Gasteiger partial charge in [-0.3, -0.25) is 9.59 Å². The largest absolute Gasteiger partial charge is 0.379 e. The van der Waals surface area contributed by atoms with E-state index in [4.69, 9.17) is 4.74 Å². The second kappa shape index (κ2) is 9.38. The van der Waals surface area contributed by atoms with Gasteiger partial charge in [0.25, 0.3) is 0 Å². The van der Waals surface area contributed by atoms with E-state index in [0.29, 0.717) is 37.6 Å². The van der Waals surface area contributed by atoms with Crippen LogP contribution in [0.5, 0.6) is 0 Å². The smallest absolute Gasteiger partial charge is 0.313 e. The number of morpholine rings is 1. The van der Waals surface area contributed by atoms with Crippen molar-refractivity contribution < 1.29 is 22.7 Å². The molecule has 0 bridgehead atoms. The van der Waals surface area contributed by atoms with Crippen molar-refractivity contribution in [1.29, 1.82) is 0 Å². The van der Waals surface area contributed by atoms with Gasteiger partial charge in [0.05, 0.1) is 18.1 Å². The summed E-state index contributed by atoms with van der Waals surface area (Å²) < 4.78 is 31.8. The summed E-state index contributed by atoms with van der Waals surface area (Å²) in [7, 11) is -3.56. The van der Waals surface area contributed by atoms with Crippen molar-refractivity contribution >= 4 is 27.5 Å². The number of nitrogens with zero attached hydrogens (tertiary/aromatic N) is 1. The number of hydrogen-bond donors (Lipinski definition) is 2. The number of hydrogen-bond acceptors (Lipinski definition) is 5. The Balaban J connectivity index is 1.55. The second-order valence-corrected chi connectivity index (χ2v) is 9.03. The van der Waals surface area contributed by atoms with Gasteiger partial charge in [-0.05, 0) is 54.8 Å². The van der Waals surface area contributed by atoms with E-state index >= 15 is 0 Å². The lowest BCUT2D eigenvalue weighted by molar-refractivity contribution is -0.136. The Hall–Kier alpha value is -2.75. The number of anilines is 1. The number of ether oxygens (including phenoxy) is 1. The van der Waals surface area contributed by atoms with Crippen LogP contribution in [0.15, 0.2) is 47.4 Å². The van der Waals surface area contributed by atoms with Crippen molar-refractivity contribution in [3.8, 4) is 0 Å². The van der Waals surface area contributed by atoms with Crippen LogP contribution in [0, 0.1) is 13.8 Å². The lowest BCUT2D eigenvalue weighted by Crippen LogP contribution is -2.40. The minimum Gasteiger partial charge on any atom is -0.379 e. The summed E-state index contributed by atoms with van der Waals surface area (Å²) >= 11 is 0. The number of rotatable bonds is 5. The van der Waals surface area contributed by atoms with Crippen LogP contribution in [-0.2, 0) is 30.9 Å². The fraction of sp³-hybridized carbons (Fsp3) is 0.333. The van der Waals surface area contributed by atoms with Crippen molar-refractivity contribution in [2.75, 3.05) is 31.6 Å². The Labute approximate surface area is 176 Å². The Morgan fingerprint density at radius 2 is 1.63 bits per heavy atom. The number of nitrogens with one attached hydrogen (secondary N) is 2. The van der Waals surface area contributed by atoms with Gasteiger partial charge in [0, 0.05) is 25.3 Å². The molecule has 1 heterocycles. The number of aryl methyl sites for hydroxylation is 2. The summed E-state index contributed by atoms with van der Waals surface area (Å²) in [5.41, 5.74) is 3.34. The molecule has 3 rings (SSSR count). The Morgan fingerprint density at radius 3 is 2.27 bits per heavy atom. The summed E-state index contributed by atoms with van der Waals surface area (Å²) in [4.78, 5) is 24.3. The summed E-state index contributed by atoms with van der Waals surface area (Å²) in [6.07, 6.45) is 0. The number of amides is 2. The Bertz CT molecular complexity index is 1030. The molecule has 2 amide bonds. The summed E-state index contributed by atoms with van der Waals surface area (Å²) in [5.74, 6) is -1.52. The molecule has 0 unspecified atom stereocenters. The van der Waals surface area contributed by atoms with E-state index in [1.54, 1.807) is 24.3 Å². The maximum absolute atomic E-state index is 12.6. The molecule has 1 saturated heterocycles. The third kappa shape index (κ3) is 5.24. The van der Waals surface area contributed by atoms with Crippen LogP contribution < -0.4 is 10.6 Å². The van der Waals surface area contributed by atoms with Crippen LogP contribution >= 0.6 is 0 Å².